The van der Waals surface area contributed by atoms with E-state index in [0.717, 1.165) is 18.9 Å². The van der Waals surface area contributed by atoms with Crippen molar-refractivity contribution in [2.45, 2.75) is 52.7 Å². The summed E-state index contributed by atoms with van der Waals surface area (Å²) in [6, 6.07) is 75.4. The van der Waals surface area contributed by atoms with Gasteiger partial charge >= 0.3 is 7.12 Å². The normalized spacial score (nSPS) is 13.5. The van der Waals surface area contributed by atoms with E-state index in [1.54, 1.807) is 0 Å². The summed E-state index contributed by atoms with van der Waals surface area (Å²) in [5.74, 6) is 0. The van der Waals surface area contributed by atoms with E-state index in [0.29, 0.717) is 0 Å². The predicted octanol–water partition coefficient (Wildman–Crippen LogP) is 23.4. The van der Waals surface area contributed by atoms with Gasteiger partial charge in [0.2, 0.25) is 0 Å². The van der Waals surface area contributed by atoms with Crippen LogP contribution < -0.4 is 5.46 Å². The molecule has 5 heterocycles. The van der Waals surface area contributed by atoms with Crippen molar-refractivity contribution in [2.24, 2.45) is 0 Å². The summed E-state index contributed by atoms with van der Waals surface area (Å²) in [6.07, 6.45) is 0. The van der Waals surface area contributed by atoms with Crippen LogP contribution in [0.2, 0.25) is 0 Å². The Bertz CT molecular complexity index is 4450. The van der Waals surface area contributed by atoms with Crippen molar-refractivity contribution >= 4 is 209 Å². The van der Waals surface area contributed by atoms with Gasteiger partial charge < -0.3 is 9.31 Å². The second-order valence-corrected chi connectivity index (χ2v) is 28.7. The van der Waals surface area contributed by atoms with E-state index in [1.165, 1.54) is 107 Å². The Balaban J connectivity index is 0.000000108. The monoisotopic (exact) mass is 1400 g/mol. The van der Waals surface area contributed by atoms with Crippen LogP contribution in [0.1, 0.15) is 38.8 Å². The standard InChI is InChI=1S/C19H13BrS.C18H19BO2S.C12H7BrS.C12H8S.C7H6BrI/c1-12-10-14(20)7-8-15(12)13-6-9-19-17(11-13)16-4-2-3-5-18(16)21-19;1-17(2)18(3,4)21-19(20-17)12-9-10-16-14(11-12)13-7-5-6-8-15(13)22-16;13-8-5-6-12-10(7-8)9-3-1-2-4-11(9)14-12;1-3-7-11-9(5-1)10-6-2-4-8-12(10)13-11;1-5-4-6(8)2-3-7(5)9/h2-11H,1H3;5-11H,1-4H3;1-7H;1-8H;2-4H,1H3. The number of fused-ring (bicyclic) bond motifs is 12. The minimum atomic E-state index is -0.302. The number of halogens is 4. The van der Waals surface area contributed by atoms with Gasteiger partial charge in [-0.05, 0) is 194 Å². The minimum absolute atomic E-state index is 0.298. The van der Waals surface area contributed by atoms with Crippen molar-refractivity contribution < 1.29 is 9.31 Å². The van der Waals surface area contributed by atoms with Gasteiger partial charge in [0.05, 0.1) is 11.2 Å². The molecule has 0 saturated carbocycles. The van der Waals surface area contributed by atoms with Crippen LogP contribution in [0.3, 0.4) is 0 Å². The molecule has 0 spiro atoms. The van der Waals surface area contributed by atoms with Gasteiger partial charge in [-0.25, -0.2) is 0 Å². The molecule has 0 aliphatic carbocycles. The van der Waals surface area contributed by atoms with Crippen molar-refractivity contribution in [2.75, 3.05) is 0 Å². The van der Waals surface area contributed by atoms with Gasteiger partial charge in [-0.1, -0.05) is 163 Å². The zero-order valence-electron chi connectivity index (χ0n) is 44.2. The zero-order valence-corrected chi connectivity index (χ0v) is 54.4. The molecule has 1 aliphatic rings. The summed E-state index contributed by atoms with van der Waals surface area (Å²) in [5, 5.41) is 10.8. The van der Waals surface area contributed by atoms with Gasteiger partial charge in [-0.3, -0.25) is 0 Å². The van der Waals surface area contributed by atoms with E-state index < -0.39 is 0 Å². The molecule has 2 nitrogen and oxygen atoms in total. The average molecular weight is 1410 g/mol. The predicted molar refractivity (Wildman–Crippen MR) is 370 cm³/mol. The van der Waals surface area contributed by atoms with E-state index in [1.807, 2.05) is 45.3 Å². The van der Waals surface area contributed by atoms with E-state index in [4.69, 9.17) is 9.31 Å². The summed E-state index contributed by atoms with van der Waals surface area (Å²) in [6.45, 7) is 12.6. The Kier molecular flexibility index (Phi) is 17.0. The molecule has 11 heteroatoms. The minimum Gasteiger partial charge on any atom is -0.399 e. The number of benzene rings is 10. The summed E-state index contributed by atoms with van der Waals surface area (Å²) in [5.41, 5.74) is 5.70. The molecule has 1 fully saturated rings. The fourth-order valence-electron chi connectivity index (χ4n) is 9.70. The molecule has 0 radical (unpaired) electrons. The molecule has 0 unspecified atom stereocenters. The van der Waals surface area contributed by atoms with E-state index in [9.17, 15) is 0 Å². The van der Waals surface area contributed by atoms with Crippen LogP contribution >= 0.6 is 116 Å². The first-order valence-corrected chi connectivity index (χ1v) is 32.6. The molecule has 79 heavy (non-hydrogen) atoms. The molecule has 0 amide bonds. The lowest BCUT2D eigenvalue weighted by molar-refractivity contribution is 0.00578. The number of rotatable bonds is 2. The Morgan fingerprint density at radius 1 is 0.354 bits per heavy atom. The fraction of sp³-hybridized carbons (Fsp3) is 0.118. The zero-order chi connectivity index (χ0) is 55.0. The molecule has 0 atom stereocenters. The molecule has 4 aromatic heterocycles. The highest BCUT2D eigenvalue weighted by molar-refractivity contribution is 14.1. The highest BCUT2D eigenvalue weighted by atomic mass is 127. The molecule has 392 valence electrons. The maximum atomic E-state index is 6.17. The summed E-state index contributed by atoms with van der Waals surface area (Å²) < 4.78 is 27.9. The molecular weight excluding hydrogens is 1350 g/mol. The van der Waals surface area contributed by atoms with Crippen LogP contribution in [0.25, 0.3) is 91.8 Å². The lowest BCUT2D eigenvalue weighted by Crippen LogP contribution is -2.41. The van der Waals surface area contributed by atoms with Gasteiger partial charge in [0.1, 0.15) is 0 Å². The van der Waals surface area contributed by atoms with E-state index in [-0.39, 0.29) is 18.3 Å². The van der Waals surface area contributed by atoms with Crippen molar-refractivity contribution in [1.82, 2.24) is 0 Å². The molecule has 0 bridgehead atoms. The van der Waals surface area contributed by atoms with Crippen LogP contribution in [-0.2, 0) is 9.31 Å². The van der Waals surface area contributed by atoms with E-state index in [2.05, 4.69) is 324 Å². The lowest BCUT2D eigenvalue weighted by Gasteiger charge is -2.32. The van der Waals surface area contributed by atoms with Gasteiger partial charge in [0, 0.05) is 92.3 Å². The van der Waals surface area contributed by atoms with Crippen molar-refractivity contribution in [3.63, 3.8) is 0 Å². The Morgan fingerprint density at radius 2 is 0.696 bits per heavy atom. The largest absolute Gasteiger partial charge is 0.494 e. The topological polar surface area (TPSA) is 18.5 Å². The first kappa shape index (κ1) is 56.1. The second-order valence-electron chi connectivity index (χ2n) is 20.4. The van der Waals surface area contributed by atoms with Gasteiger partial charge in [0.15, 0.2) is 0 Å². The number of thiophene rings is 4. The first-order valence-electron chi connectivity index (χ1n) is 25.9. The third-order valence-electron chi connectivity index (χ3n) is 14.5. The van der Waals surface area contributed by atoms with Crippen LogP contribution in [0.15, 0.2) is 226 Å². The molecule has 14 aromatic rings. The van der Waals surface area contributed by atoms with Gasteiger partial charge in [-0.2, -0.15) is 0 Å². The summed E-state index contributed by atoms with van der Waals surface area (Å²) >= 11 is 20.2. The fourth-order valence-corrected chi connectivity index (χ4v) is 15.7. The molecule has 10 aromatic carbocycles. The van der Waals surface area contributed by atoms with Gasteiger partial charge in [-0.15, -0.1) is 45.3 Å². The maximum Gasteiger partial charge on any atom is 0.494 e. The third-order valence-corrected chi connectivity index (χ3v) is 21.8. The lowest BCUT2D eigenvalue weighted by atomic mass is 9.78. The SMILES string of the molecule is Brc1ccc2sc3ccccc3c2c1.CC1(C)OB(c2ccc3sc4ccccc4c3c2)OC1(C)C.Cc1cc(Br)ccc1-c1ccc2sc3ccccc3c2c1.Cc1cc(Br)ccc1I.c1ccc2c(c1)sc1ccccc12. The Labute approximate surface area is 517 Å². The highest BCUT2D eigenvalue weighted by Gasteiger charge is 2.51. The molecule has 1 saturated heterocycles. The Morgan fingerprint density at radius 3 is 1.14 bits per heavy atom. The van der Waals surface area contributed by atoms with Crippen molar-refractivity contribution in [3.05, 3.63) is 240 Å². The molecule has 1 aliphatic heterocycles. The highest BCUT2D eigenvalue weighted by Crippen LogP contribution is 2.40. The molecule has 15 rings (SSSR count). The summed E-state index contributed by atoms with van der Waals surface area (Å²) in [4.78, 5) is 0. The molecular formula is C68H53BBr3IO2S4. The average Bonchev–Trinajstić information content (AvgIpc) is 4.45. The molecule has 0 N–H and O–H groups in total. The maximum absolute atomic E-state index is 6.17. The summed E-state index contributed by atoms with van der Waals surface area (Å²) in [7, 11) is -0.298. The quantitative estimate of drug-likeness (QED) is 0.127. The second kappa shape index (κ2) is 24.0. The first-order chi connectivity index (χ1) is 38.1. The third kappa shape index (κ3) is 12.2. The van der Waals surface area contributed by atoms with Gasteiger partial charge in [0.25, 0.3) is 0 Å². The Hall–Kier alpha value is -4.77. The van der Waals surface area contributed by atoms with Crippen molar-refractivity contribution in [3.8, 4) is 11.1 Å². The van der Waals surface area contributed by atoms with E-state index >= 15 is 0 Å². The number of aryl methyl sites for hydroxylation is 2. The smallest absolute Gasteiger partial charge is 0.399 e. The van der Waals surface area contributed by atoms with Crippen LogP contribution in [0.4, 0.5) is 0 Å². The number of hydrogen-bond donors (Lipinski definition) is 0. The number of hydrogen-bond acceptors (Lipinski definition) is 6. The van der Waals surface area contributed by atoms with Crippen LogP contribution in [-0.4, -0.2) is 18.3 Å². The van der Waals surface area contributed by atoms with Crippen LogP contribution in [0.5, 0.6) is 0 Å². The van der Waals surface area contributed by atoms with Crippen LogP contribution in [0, 0.1) is 17.4 Å². The van der Waals surface area contributed by atoms with Crippen molar-refractivity contribution in [1.29, 1.82) is 0 Å².